The maximum atomic E-state index is 11.8. The quantitative estimate of drug-likeness (QED) is 0.600. The summed E-state index contributed by atoms with van der Waals surface area (Å²) in [7, 11) is 0. The molecule has 0 aliphatic rings. The van der Waals surface area contributed by atoms with Crippen molar-refractivity contribution in [2.24, 2.45) is 11.7 Å². The number of rotatable bonds is 6. The molecule has 0 radical (unpaired) electrons. The molecule has 2 unspecified atom stereocenters. The van der Waals surface area contributed by atoms with Gasteiger partial charge in [0.1, 0.15) is 6.04 Å². The standard InChI is InChI=1S/C11H21N3O2S/c1-5-8(9(12)17)11(16)14-7(4)10(15)13-6(2)3/h6-8H,5H2,1-4H3,(H2,12,17)(H,13,15)(H,14,16). The van der Waals surface area contributed by atoms with E-state index in [2.05, 4.69) is 10.6 Å². The van der Waals surface area contributed by atoms with Crippen LogP contribution in [0.4, 0.5) is 0 Å². The first-order chi connectivity index (χ1) is 7.79. The van der Waals surface area contributed by atoms with E-state index >= 15 is 0 Å². The molecule has 0 heterocycles. The van der Waals surface area contributed by atoms with Gasteiger partial charge in [-0.05, 0) is 27.2 Å². The van der Waals surface area contributed by atoms with Gasteiger partial charge in [-0.2, -0.15) is 0 Å². The third-order valence-corrected chi connectivity index (χ3v) is 2.54. The topological polar surface area (TPSA) is 84.2 Å². The summed E-state index contributed by atoms with van der Waals surface area (Å²) >= 11 is 4.80. The number of carbonyl (C=O) groups excluding carboxylic acids is 2. The minimum Gasteiger partial charge on any atom is -0.393 e. The molecule has 6 heteroatoms. The summed E-state index contributed by atoms with van der Waals surface area (Å²) < 4.78 is 0. The smallest absolute Gasteiger partial charge is 0.242 e. The van der Waals surface area contributed by atoms with Gasteiger partial charge in [0.15, 0.2) is 0 Å². The van der Waals surface area contributed by atoms with Crippen LogP contribution in [0.5, 0.6) is 0 Å². The third kappa shape index (κ3) is 5.63. The highest BCUT2D eigenvalue weighted by Crippen LogP contribution is 2.03. The van der Waals surface area contributed by atoms with E-state index in [-0.39, 0.29) is 22.8 Å². The van der Waals surface area contributed by atoms with Crippen molar-refractivity contribution in [3.8, 4) is 0 Å². The molecule has 0 aromatic rings. The Morgan fingerprint density at radius 3 is 2.06 bits per heavy atom. The molecule has 17 heavy (non-hydrogen) atoms. The largest absolute Gasteiger partial charge is 0.393 e. The van der Waals surface area contributed by atoms with Gasteiger partial charge in [0.25, 0.3) is 0 Å². The molecule has 2 atom stereocenters. The molecule has 0 bridgehead atoms. The summed E-state index contributed by atoms with van der Waals surface area (Å²) in [6.45, 7) is 7.16. The van der Waals surface area contributed by atoms with E-state index in [4.69, 9.17) is 18.0 Å². The van der Waals surface area contributed by atoms with Gasteiger partial charge in [0.05, 0.1) is 10.9 Å². The molecule has 0 saturated carbocycles. The predicted molar refractivity (Wildman–Crippen MR) is 71.4 cm³/mol. The number of nitrogens with one attached hydrogen (secondary N) is 2. The Morgan fingerprint density at radius 1 is 1.18 bits per heavy atom. The fourth-order valence-electron chi connectivity index (χ4n) is 1.30. The number of hydrogen-bond donors (Lipinski definition) is 3. The summed E-state index contributed by atoms with van der Waals surface area (Å²) in [6, 6.07) is -0.548. The molecule has 2 amide bonds. The van der Waals surface area contributed by atoms with Crippen molar-refractivity contribution in [2.45, 2.75) is 46.2 Å². The zero-order valence-electron chi connectivity index (χ0n) is 10.7. The van der Waals surface area contributed by atoms with Gasteiger partial charge in [0.2, 0.25) is 11.8 Å². The van der Waals surface area contributed by atoms with Crippen LogP contribution in [-0.4, -0.2) is 28.9 Å². The lowest BCUT2D eigenvalue weighted by Gasteiger charge is -2.19. The van der Waals surface area contributed by atoms with Crippen molar-refractivity contribution in [1.82, 2.24) is 10.6 Å². The Kier molecular flexibility index (Phi) is 6.72. The van der Waals surface area contributed by atoms with Gasteiger partial charge in [-0.3, -0.25) is 9.59 Å². The second-order valence-corrected chi connectivity index (χ2v) is 4.73. The Balaban J connectivity index is 4.37. The third-order valence-electron chi connectivity index (χ3n) is 2.25. The zero-order chi connectivity index (χ0) is 13.6. The fourth-order valence-corrected chi connectivity index (χ4v) is 1.58. The lowest BCUT2D eigenvalue weighted by molar-refractivity contribution is -0.129. The van der Waals surface area contributed by atoms with E-state index < -0.39 is 12.0 Å². The van der Waals surface area contributed by atoms with Gasteiger partial charge in [-0.25, -0.2) is 0 Å². The number of nitrogens with two attached hydrogens (primary N) is 1. The molecule has 0 fully saturated rings. The number of hydrogen-bond acceptors (Lipinski definition) is 3. The van der Waals surface area contributed by atoms with Gasteiger partial charge < -0.3 is 16.4 Å². The lowest BCUT2D eigenvalue weighted by atomic mass is 10.1. The first-order valence-electron chi connectivity index (χ1n) is 5.69. The van der Waals surface area contributed by atoms with E-state index in [1.165, 1.54) is 0 Å². The Hall–Kier alpha value is -1.17. The zero-order valence-corrected chi connectivity index (χ0v) is 11.6. The van der Waals surface area contributed by atoms with Crippen LogP contribution in [0.25, 0.3) is 0 Å². The van der Waals surface area contributed by atoms with Gasteiger partial charge >= 0.3 is 0 Å². The Labute approximate surface area is 108 Å². The summed E-state index contributed by atoms with van der Waals surface area (Å²) in [5.74, 6) is -1.03. The summed E-state index contributed by atoms with van der Waals surface area (Å²) in [4.78, 5) is 23.5. The molecule has 0 spiro atoms. The van der Waals surface area contributed by atoms with Crippen molar-refractivity contribution < 1.29 is 9.59 Å². The number of amides is 2. The molecular formula is C11H21N3O2S. The van der Waals surface area contributed by atoms with Crippen molar-refractivity contribution >= 4 is 29.0 Å². The van der Waals surface area contributed by atoms with Crippen molar-refractivity contribution in [1.29, 1.82) is 0 Å². The minimum atomic E-state index is -0.590. The monoisotopic (exact) mass is 259 g/mol. The van der Waals surface area contributed by atoms with Crippen LogP contribution in [0.3, 0.4) is 0 Å². The predicted octanol–water partition coefficient (Wildman–Crippen LogP) is 0.328. The van der Waals surface area contributed by atoms with Crippen LogP contribution in [0.2, 0.25) is 0 Å². The molecule has 4 N–H and O–H groups in total. The van der Waals surface area contributed by atoms with Crippen LogP contribution in [0, 0.1) is 5.92 Å². The highest BCUT2D eigenvalue weighted by molar-refractivity contribution is 7.80. The van der Waals surface area contributed by atoms with E-state index in [0.29, 0.717) is 6.42 Å². The molecule has 0 rings (SSSR count). The SMILES string of the molecule is CCC(C(=O)NC(C)C(=O)NC(C)C)C(N)=S. The van der Waals surface area contributed by atoms with Gasteiger partial charge in [-0.15, -0.1) is 0 Å². The molecule has 0 saturated heterocycles. The lowest BCUT2D eigenvalue weighted by Crippen LogP contribution is -2.49. The van der Waals surface area contributed by atoms with Crippen LogP contribution >= 0.6 is 12.2 Å². The second-order valence-electron chi connectivity index (χ2n) is 4.26. The van der Waals surface area contributed by atoms with Crippen molar-refractivity contribution in [2.75, 3.05) is 0 Å². The van der Waals surface area contributed by atoms with Crippen LogP contribution in [-0.2, 0) is 9.59 Å². The Morgan fingerprint density at radius 2 is 1.71 bits per heavy atom. The molecule has 98 valence electrons. The first kappa shape index (κ1) is 15.8. The van der Waals surface area contributed by atoms with Crippen LogP contribution in [0.1, 0.15) is 34.1 Å². The highest BCUT2D eigenvalue weighted by Gasteiger charge is 2.23. The fraction of sp³-hybridized carbons (Fsp3) is 0.727. The molecule has 5 nitrogen and oxygen atoms in total. The molecule has 0 aromatic heterocycles. The van der Waals surface area contributed by atoms with Crippen molar-refractivity contribution in [3.05, 3.63) is 0 Å². The maximum absolute atomic E-state index is 11.8. The Bertz CT molecular complexity index is 305. The first-order valence-corrected chi connectivity index (χ1v) is 6.10. The highest BCUT2D eigenvalue weighted by atomic mass is 32.1. The van der Waals surface area contributed by atoms with Crippen LogP contribution in [0.15, 0.2) is 0 Å². The second kappa shape index (κ2) is 7.21. The van der Waals surface area contributed by atoms with Gasteiger partial charge in [0, 0.05) is 6.04 Å². The average Bonchev–Trinajstić information content (AvgIpc) is 2.16. The van der Waals surface area contributed by atoms with Crippen LogP contribution < -0.4 is 16.4 Å². The normalized spacial score (nSPS) is 13.9. The van der Waals surface area contributed by atoms with E-state index in [1.54, 1.807) is 6.92 Å². The molecule has 0 aliphatic carbocycles. The maximum Gasteiger partial charge on any atom is 0.242 e. The molecule has 0 aliphatic heterocycles. The summed E-state index contributed by atoms with van der Waals surface area (Å²) in [5.41, 5.74) is 5.45. The average molecular weight is 259 g/mol. The van der Waals surface area contributed by atoms with E-state index in [9.17, 15) is 9.59 Å². The number of thiocarbonyl (C=S) groups is 1. The van der Waals surface area contributed by atoms with Gasteiger partial charge in [-0.1, -0.05) is 19.1 Å². The van der Waals surface area contributed by atoms with Crippen molar-refractivity contribution in [3.63, 3.8) is 0 Å². The molecule has 0 aromatic carbocycles. The summed E-state index contributed by atoms with van der Waals surface area (Å²) in [5, 5.41) is 5.32. The van der Waals surface area contributed by atoms with E-state index in [0.717, 1.165) is 0 Å². The summed E-state index contributed by atoms with van der Waals surface area (Å²) in [6.07, 6.45) is 0.527. The number of carbonyl (C=O) groups is 2. The molecular weight excluding hydrogens is 238 g/mol. The van der Waals surface area contributed by atoms with E-state index in [1.807, 2.05) is 20.8 Å². The minimum absolute atomic E-state index is 0.0411.